The molecule has 0 aliphatic heterocycles. The van der Waals surface area contributed by atoms with Crippen molar-refractivity contribution >= 4 is 28.7 Å². The zero-order valence-electron chi connectivity index (χ0n) is 11.2. The average Bonchev–Trinajstić information content (AvgIpc) is 2.54. The highest BCUT2D eigenvalue weighted by molar-refractivity contribution is 5.90. The first-order chi connectivity index (χ1) is 10.4. The Morgan fingerprint density at radius 2 is 1.76 bits per heavy atom. The van der Waals surface area contributed by atoms with Crippen LogP contribution in [0.15, 0.2) is 65.9 Å². The van der Waals surface area contributed by atoms with E-state index in [-0.39, 0.29) is 0 Å². The number of para-hydroxylation sites is 1. The van der Waals surface area contributed by atoms with Crippen LogP contribution in [0.3, 0.4) is 0 Å². The minimum Gasteiger partial charge on any atom is -0.256 e. The Morgan fingerprint density at radius 3 is 2.57 bits per heavy atom. The van der Waals surface area contributed by atoms with Crippen molar-refractivity contribution in [2.75, 3.05) is 0 Å². The van der Waals surface area contributed by atoms with Crippen molar-refractivity contribution in [1.29, 1.82) is 0 Å². The number of hydrogen-bond donors (Lipinski definition) is 0. The number of hydrogen-bond acceptors (Lipinski definition) is 2. The van der Waals surface area contributed by atoms with E-state index < -0.39 is 0 Å². The van der Waals surface area contributed by atoms with Gasteiger partial charge >= 0.3 is 0 Å². The first kappa shape index (κ1) is 12.9. The van der Waals surface area contributed by atoms with E-state index in [2.05, 4.69) is 27.2 Å². The van der Waals surface area contributed by atoms with Crippen LogP contribution >= 0.6 is 0 Å². The van der Waals surface area contributed by atoms with E-state index >= 15 is 0 Å². The number of nitrogens with zero attached hydrogens (tertiary/aromatic N) is 4. The van der Waals surface area contributed by atoms with Crippen LogP contribution in [0.5, 0.6) is 0 Å². The van der Waals surface area contributed by atoms with Crippen molar-refractivity contribution in [3.8, 4) is 0 Å². The largest absolute Gasteiger partial charge is 0.256 e. The molecule has 0 unspecified atom stereocenters. The van der Waals surface area contributed by atoms with E-state index in [0.29, 0.717) is 5.69 Å². The van der Waals surface area contributed by atoms with Crippen molar-refractivity contribution in [3.63, 3.8) is 0 Å². The van der Waals surface area contributed by atoms with Crippen LogP contribution in [-0.2, 0) is 0 Å². The van der Waals surface area contributed by atoms with Crippen molar-refractivity contribution < 1.29 is 0 Å². The molecule has 0 spiro atoms. The second-order valence-corrected chi connectivity index (χ2v) is 4.53. The molecule has 0 radical (unpaired) electrons. The number of rotatable bonds is 3. The lowest BCUT2D eigenvalue weighted by molar-refractivity contribution is 1.41. The van der Waals surface area contributed by atoms with Crippen LogP contribution in [0.25, 0.3) is 33.5 Å². The summed E-state index contributed by atoms with van der Waals surface area (Å²) in [7, 11) is 0. The molecule has 0 N–H and O–H groups in total. The van der Waals surface area contributed by atoms with Crippen molar-refractivity contribution in [2.24, 2.45) is 5.11 Å². The normalized spacial score (nSPS) is 10.7. The molecule has 3 rings (SSSR count). The van der Waals surface area contributed by atoms with E-state index in [1.54, 1.807) is 12.1 Å². The van der Waals surface area contributed by atoms with Gasteiger partial charge in [0.2, 0.25) is 0 Å². The summed E-state index contributed by atoms with van der Waals surface area (Å²) in [5.41, 5.74) is 12.2. The maximum atomic E-state index is 8.38. The summed E-state index contributed by atoms with van der Waals surface area (Å²) in [5, 5.41) is 4.68. The van der Waals surface area contributed by atoms with Gasteiger partial charge in [-0.2, -0.15) is 0 Å². The van der Waals surface area contributed by atoms with Gasteiger partial charge in [0.05, 0.1) is 5.52 Å². The highest BCUT2D eigenvalue weighted by atomic mass is 15.1. The molecule has 0 aliphatic carbocycles. The molecule has 0 atom stereocenters. The van der Waals surface area contributed by atoms with Crippen LogP contribution in [0.2, 0.25) is 0 Å². The van der Waals surface area contributed by atoms with Gasteiger partial charge in [0.25, 0.3) is 0 Å². The first-order valence-corrected chi connectivity index (χ1v) is 6.54. The second kappa shape index (κ2) is 5.90. The molecular weight excluding hydrogens is 260 g/mol. The van der Waals surface area contributed by atoms with Gasteiger partial charge in [0.15, 0.2) is 0 Å². The SMILES string of the molecule is [N-]=[N+]=Nc1ccc(/C=C/c2ccnc3ccccc23)cc1. The fraction of sp³-hybridized carbons (Fsp3) is 0. The number of pyridine rings is 1. The molecule has 100 valence electrons. The predicted molar refractivity (Wildman–Crippen MR) is 85.9 cm³/mol. The molecule has 0 fully saturated rings. The molecular formula is C17H12N4. The van der Waals surface area contributed by atoms with Gasteiger partial charge in [-0.25, -0.2) is 0 Å². The maximum Gasteiger partial charge on any atom is 0.0707 e. The fourth-order valence-corrected chi connectivity index (χ4v) is 2.15. The van der Waals surface area contributed by atoms with Crippen molar-refractivity contribution in [1.82, 2.24) is 4.98 Å². The quantitative estimate of drug-likeness (QED) is 0.360. The minimum atomic E-state index is 0.615. The monoisotopic (exact) mass is 272 g/mol. The average molecular weight is 272 g/mol. The summed E-state index contributed by atoms with van der Waals surface area (Å²) in [5.74, 6) is 0. The van der Waals surface area contributed by atoms with Gasteiger partial charge in [-0.15, -0.1) is 0 Å². The van der Waals surface area contributed by atoms with Crippen LogP contribution in [0.1, 0.15) is 11.1 Å². The summed E-state index contributed by atoms with van der Waals surface area (Å²) in [6, 6.07) is 17.5. The van der Waals surface area contributed by atoms with Gasteiger partial charge in [-0.05, 0) is 28.8 Å². The first-order valence-electron chi connectivity index (χ1n) is 6.54. The lowest BCUT2D eigenvalue weighted by atomic mass is 10.1. The van der Waals surface area contributed by atoms with Gasteiger partial charge in [-0.3, -0.25) is 4.98 Å². The molecule has 0 saturated heterocycles. The van der Waals surface area contributed by atoms with Gasteiger partial charge in [-0.1, -0.05) is 59.7 Å². The lowest BCUT2D eigenvalue weighted by Crippen LogP contribution is -1.81. The number of fused-ring (bicyclic) bond motifs is 1. The summed E-state index contributed by atoms with van der Waals surface area (Å²) in [4.78, 5) is 7.11. The maximum absolute atomic E-state index is 8.38. The number of aromatic nitrogens is 1. The Balaban J connectivity index is 1.92. The molecule has 0 amide bonds. The smallest absolute Gasteiger partial charge is 0.0707 e. The highest BCUT2D eigenvalue weighted by Crippen LogP contribution is 2.19. The lowest BCUT2D eigenvalue weighted by Gasteiger charge is -2.01. The Kier molecular flexibility index (Phi) is 3.63. The van der Waals surface area contributed by atoms with Gasteiger partial charge < -0.3 is 0 Å². The molecule has 21 heavy (non-hydrogen) atoms. The summed E-state index contributed by atoms with van der Waals surface area (Å²) < 4.78 is 0. The van der Waals surface area contributed by atoms with E-state index in [4.69, 9.17) is 5.53 Å². The van der Waals surface area contributed by atoms with Crippen LogP contribution < -0.4 is 0 Å². The molecule has 4 nitrogen and oxygen atoms in total. The molecule has 1 heterocycles. The Hall–Kier alpha value is -3.10. The third kappa shape index (κ3) is 2.91. The Labute approximate surface area is 122 Å². The van der Waals surface area contributed by atoms with E-state index in [1.165, 1.54) is 0 Å². The third-order valence-electron chi connectivity index (χ3n) is 3.19. The van der Waals surface area contributed by atoms with Crippen molar-refractivity contribution in [2.45, 2.75) is 0 Å². The molecule has 0 saturated carbocycles. The number of azide groups is 1. The zero-order valence-corrected chi connectivity index (χ0v) is 11.2. The van der Waals surface area contributed by atoms with E-state index in [1.807, 2.05) is 48.7 Å². The number of benzene rings is 2. The van der Waals surface area contributed by atoms with E-state index in [0.717, 1.165) is 22.0 Å². The molecule has 2 aromatic carbocycles. The predicted octanol–water partition coefficient (Wildman–Crippen LogP) is 5.35. The molecule has 4 heteroatoms. The molecule has 0 bridgehead atoms. The summed E-state index contributed by atoms with van der Waals surface area (Å²) in [6.45, 7) is 0. The van der Waals surface area contributed by atoms with Crippen LogP contribution in [-0.4, -0.2) is 4.98 Å². The Morgan fingerprint density at radius 1 is 0.952 bits per heavy atom. The topological polar surface area (TPSA) is 61.7 Å². The second-order valence-electron chi connectivity index (χ2n) is 4.53. The fourth-order valence-electron chi connectivity index (χ4n) is 2.15. The summed E-state index contributed by atoms with van der Waals surface area (Å²) >= 11 is 0. The standard InChI is InChI=1S/C17H12N4/c18-21-20-15-9-6-13(7-10-15)5-8-14-11-12-19-17-4-2-1-3-16(14)17/h1-12H/b8-5+. The molecule has 3 aromatic rings. The highest BCUT2D eigenvalue weighted by Gasteiger charge is 1.97. The van der Waals surface area contributed by atoms with Crippen molar-refractivity contribution in [3.05, 3.63) is 82.4 Å². The zero-order chi connectivity index (χ0) is 14.5. The van der Waals surface area contributed by atoms with Crippen LogP contribution in [0.4, 0.5) is 5.69 Å². The molecule has 0 aliphatic rings. The summed E-state index contributed by atoms with van der Waals surface area (Å²) in [6.07, 6.45) is 5.90. The van der Waals surface area contributed by atoms with Crippen LogP contribution in [0, 0.1) is 0 Å². The van der Waals surface area contributed by atoms with Gasteiger partial charge in [0.1, 0.15) is 0 Å². The Bertz CT molecular complexity index is 839. The van der Waals surface area contributed by atoms with Gasteiger partial charge in [0, 0.05) is 22.2 Å². The van der Waals surface area contributed by atoms with E-state index in [9.17, 15) is 0 Å². The molecule has 1 aromatic heterocycles. The third-order valence-corrected chi connectivity index (χ3v) is 3.19. The minimum absolute atomic E-state index is 0.615.